The highest BCUT2D eigenvalue weighted by atomic mass is 35.5. The van der Waals surface area contributed by atoms with Crippen molar-refractivity contribution >= 4 is 34.8 Å². The molecule has 1 aliphatic carbocycles. The van der Waals surface area contributed by atoms with E-state index in [0.29, 0.717) is 16.1 Å². The van der Waals surface area contributed by atoms with Crippen LogP contribution in [0.25, 0.3) is 0 Å². The number of halogens is 2. The summed E-state index contributed by atoms with van der Waals surface area (Å²) in [4.78, 5) is 16.6. The lowest BCUT2D eigenvalue weighted by atomic mass is 9.84. The Morgan fingerprint density at radius 1 is 1.20 bits per heavy atom. The van der Waals surface area contributed by atoms with Gasteiger partial charge in [0.15, 0.2) is 0 Å². The fraction of sp³-hybridized carbons (Fsp3) is 0.696. The van der Waals surface area contributed by atoms with Gasteiger partial charge in [-0.15, -0.1) is 0 Å². The van der Waals surface area contributed by atoms with Gasteiger partial charge in [0.1, 0.15) is 6.10 Å². The minimum atomic E-state index is -0.922. The van der Waals surface area contributed by atoms with Gasteiger partial charge in [0, 0.05) is 31.7 Å². The van der Waals surface area contributed by atoms with Gasteiger partial charge in [-0.25, -0.2) is 0 Å². The fourth-order valence-electron chi connectivity index (χ4n) is 4.73. The Bertz CT molecular complexity index is 735. The zero-order valence-electron chi connectivity index (χ0n) is 18.3. The molecule has 2 N–H and O–H groups in total. The number of piperazine rings is 1. The van der Waals surface area contributed by atoms with Gasteiger partial charge in [-0.3, -0.25) is 9.69 Å². The Labute approximate surface area is 190 Å². The molecule has 1 amide bonds. The maximum Gasteiger partial charge on any atom is 0.248 e. The van der Waals surface area contributed by atoms with Crippen molar-refractivity contribution in [3.05, 3.63) is 27.7 Å². The highest BCUT2D eigenvalue weighted by Crippen LogP contribution is 2.36. The number of aliphatic hydroxyl groups excluding tert-OH is 1. The number of hydrogen-bond donors (Lipinski definition) is 2. The summed E-state index contributed by atoms with van der Waals surface area (Å²) in [6, 6.07) is 4.74. The number of nitrogens with zero attached hydrogens (tertiary/aromatic N) is 2. The molecular weight excluding hydrogens is 421 g/mol. The predicted molar refractivity (Wildman–Crippen MR) is 125 cm³/mol. The molecule has 2 aliphatic rings. The second-order valence-electron chi connectivity index (χ2n) is 9.06. The van der Waals surface area contributed by atoms with Crippen molar-refractivity contribution in [1.82, 2.24) is 10.2 Å². The van der Waals surface area contributed by atoms with Crippen LogP contribution in [0.4, 0.5) is 5.69 Å². The number of nitrogens with one attached hydrogen (secondary N) is 1. The molecule has 5 nitrogen and oxygen atoms in total. The van der Waals surface area contributed by atoms with Crippen molar-refractivity contribution in [2.75, 3.05) is 31.1 Å². The molecule has 0 aromatic heterocycles. The van der Waals surface area contributed by atoms with Gasteiger partial charge >= 0.3 is 0 Å². The highest BCUT2D eigenvalue weighted by Gasteiger charge is 2.28. The van der Waals surface area contributed by atoms with Gasteiger partial charge in [0.25, 0.3) is 0 Å². The average molecular weight is 456 g/mol. The molecule has 0 radical (unpaired) electrons. The molecular formula is C23H35Cl2N3O2. The standard InChI is InChI=1S/C23H35Cl2N3O2/c1-15-4-9-20(22(25)21(15)24)28-13-12-27(14-16(28)2)11-10-18-5-7-19(8-6-18)26-23(30)17(3)29/h4,9,16-19,29H,5-8,10-14H2,1-3H3,(H,26,30). The molecule has 7 heteroatoms. The van der Waals surface area contributed by atoms with E-state index >= 15 is 0 Å². The zero-order chi connectivity index (χ0) is 21.8. The van der Waals surface area contributed by atoms with Crippen LogP contribution >= 0.6 is 23.2 Å². The van der Waals surface area contributed by atoms with Crippen LogP contribution in [0.15, 0.2) is 12.1 Å². The monoisotopic (exact) mass is 455 g/mol. The van der Waals surface area contributed by atoms with Crippen molar-refractivity contribution in [3.8, 4) is 0 Å². The SMILES string of the molecule is Cc1ccc(N2CCN(CCC3CCC(NC(=O)C(C)O)CC3)CC2C)c(Cl)c1Cl. The molecule has 1 heterocycles. The molecule has 1 aliphatic heterocycles. The third kappa shape index (κ3) is 5.82. The van der Waals surface area contributed by atoms with Crippen molar-refractivity contribution < 1.29 is 9.90 Å². The summed E-state index contributed by atoms with van der Waals surface area (Å²) in [5.41, 5.74) is 2.05. The summed E-state index contributed by atoms with van der Waals surface area (Å²) in [6.45, 7) is 9.89. The van der Waals surface area contributed by atoms with E-state index in [1.54, 1.807) is 0 Å². The number of carbonyl (C=O) groups excluding carboxylic acids is 1. The van der Waals surface area contributed by atoms with E-state index in [0.717, 1.165) is 69.0 Å². The van der Waals surface area contributed by atoms with Gasteiger partial charge in [-0.1, -0.05) is 29.3 Å². The molecule has 168 valence electrons. The molecule has 1 aromatic rings. The van der Waals surface area contributed by atoms with Crippen LogP contribution in [0.2, 0.25) is 10.0 Å². The van der Waals surface area contributed by atoms with E-state index < -0.39 is 6.10 Å². The van der Waals surface area contributed by atoms with E-state index in [4.69, 9.17) is 23.2 Å². The van der Waals surface area contributed by atoms with E-state index in [1.807, 2.05) is 13.0 Å². The molecule has 1 saturated heterocycles. The van der Waals surface area contributed by atoms with E-state index in [-0.39, 0.29) is 11.9 Å². The van der Waals surface area contributed by atoms with Gasteiger partial charge in [-0.2, -0.15) is 0 Å². The van der Waals surface area contributed by atoms with Crippen molar-refractivity contribution in [2.24, 2.45) is 5.92 Å². The maximum atomic E-state index is 11.7. The van der Waals surface area contributed by atoms with Gasteiger partial charge in [-0.05, 0) is 77.0 Å². The molecule has 2 fully saturated rings. The average Bonchev–Trinajstić information content (AvgIpc) is 2.72. The minimum absolute atomic E-state index is 0.220. The first-order valence-electron chi connectivity index (χ1n) is 11.2. The predicted octanol–water partition coefficient (Wildman–Crippen LogP) is 4.26. The number of aryl methyl sites for hydroxylation is 1. The Balaban J connectivity index is 1.43. The summed E-state index contributed by atoms with van der Waals surface area (Å²) in [5.74, 6) is 0.476. The van der Waals surface area contributed by atoms with Gasteiger partial charge in [0.2, 0.25) is 5.91 Å². The number of rotatable bonds is 6. The Morgan fingerprint density at radius 3 is 2.53 bits per heavy atom. The molecule has 30 heavy (non-hydrogen) atoms. The van der Waals surface area contributed by atoms with Crippen molar-refractivity contribution in [3.63, 3.8) is 0 Å². The molecule has 0 bridgehead atoms. The molecule has 3 rings (SSSR count). The summed E-state index contributed by atoms with van der Waals surface area (Å²) in [7, 11) is 0. The second-order valence-corrected chi connectivity index (χ2v) is 9.82. The lowest BCUT2D eigenvalue weighted by Gasteiger charge is -2.42. The van der Waals surface area contributed by atoms with Crippen LogP contribution in [0.5, 0.6) is 0 Å². The Kier molecular flexibility index (Phi) is 8.31. The van der Waals surface area contributed by atoms with Crippen molar-refractivity contribution in [1.29, 1.82) is 0 Å². The van der Waals surface area contributed by atoms with Crippen LogP contribution in [0.1, 0.15) is 51.5 Å². The van der Waals surface area contributed by atoms with Gasteiger partial charge < -0.3 is 15.3 Å². The zero-order valence-corrected chi connectivity index (χ0v) is 19.8. The van der Waals surface area contributed by atoms with Crippen LogP contribution in [0.3, 0.4) is 0 Å². The van der Waals surface area contributed by atoms with Crippen molar-refractivity contribution in [2.45, 2.75) is 71.1 Å². The van der Waals surface area contributed by atoms with Crippen LogP contribution in [-0.2, 0) is 4.79 Å². The number of aliphatic hydroxyl groups is 1. The topological polar surface area (TPSA) is 55.8 Å². The molecule has 1 aromatic carbocycles. The Morgan fingerprint density at radius 2 is 1.90 bits per heavy atom. The summed E-state index contributed by atoms with van der Waals surface area (Å²) < 4.78 is 0. The first-order valence-corrected chi connectivity index (χ1v) is 11.9. The largest absolute Gasteiger partial charge is 0.384 e. The summed E-state index contributed by atoms with van der Waals surface area (Å²) in [5, 5.41) is 13.6. The molecule has 1 saturated carbocycles. The summed E-state index contributed by atoms with van der Waals surface area (Å²) >= 11 is 12.9. The first-order chi connectivity index (χ1) is 14.3. The van der Waals surface area contributed by atoms with E-state index in [9.17, 15) is 9.90 Å². The van der Waals surface area contributed by atoms with E-state index in [2.05, 4.69) is 28.1 Å². The van der Waals surface area contributed by atoms with E-state index in [1.165, 1.54) is 13.3 Å². The number of benzene rings is 1. The summed E-state index contributed by atoms with van der Waals surface area (Å²) in [6.07, 6.45) is 4.62. The van der Waals surface area contributed by atoms with Gasteiger partial charge in [0.05, 0.1) is 15.7 Å². The maximum absolute atomic E-state index is 11.7. The Hall–Kier alpha value is -1.01. The smallest absolute Gasteiger partial charge is 0.248 e. The quantitative estimate of drug-likeness (QED) is 0.672. The molecule has 2 unspecified atom stereocenters. The number of carbonyl (C=O) groups is 1. The third-order valence-corrected chi connectivity index (χ3v) is 7.67. The number of amides is 1. The minimum Gasteiger partial charge on any atom is -0.384 e. The fourth-order valence-corrected chi connectivity index (χ4v) is 5.21. The number of hydrogen-bond acceptors (Lipinski definition) is 4. The number of anilines is 1. The lowest BCUT2D eigenvalue weighted by molar-refractivity contribution is -0.129. The second kappa shape index (κ2) is 10.5. The first kappa shape index (κ1) is 23.6. The normalized spacial score (nSPS) is 26.5. The molecule has 2 atom stereocenters. The van der Waals surface area contributed by atoms with Crippen LogP contribution in [0, 0.1) is 12.8 Å². The molecule has 0 spiro atoms. The van der Waals surface area contributed by atoms with Crippen LogP contribution < -0.4 is 10.2 Å². The lowest BCUT2D eigenvalue weighted by Crippen LogP contribution is -2.52. The van der Waals surface area contributed by atoms with Crippen LogP contribution in [-0.4, -0.2) is 60.3 Å². The highest BCUT2D eigenvalue weighted by molar-refractivity contribution is 6.44. The third-order valence-electron chi connectivity index (χ3n) is 6.70.